The van der Waals surface area contributed by atoms with Gasteiger partial charge < -0.3 is 15.1 Å². The number of aryl methyl sites for hydroxylation is 1. The number of nitrogens with one attached hydrogen (secondary N) is 1. The lowest BCUT2D eigenvalue weighted by Gasteiger charge is -2.26. The van der Waals surface area contributed by atoms with Gasteiger partial charge in [-0.1, -0.05) is 12.1 Å². The molecule has 2 aliphatic heterocycles. The molecule has 156 valence electrons. The summed E-state index contributed by atoms with van der Waals surface area (Å²) in [5.74, 6) is -2.44. The second-order valence-electron chi connectivity index (χ2n) is 7.61. The van der Waals surface area contributed by atoms with E-state index in [2.05, 4.69) is 5.32 Å². The van der Waals surface area contributed by atoms with Gasteiger partial charge in [0.2, 0.25) is 11.8 Å². The number of hydrogen-bond donors (Lipinski definition) is 1. The fourth-order valence-electron chi connectivity index (χ4n) is 4.17. The lowest BCUT2D eigenvalue weighted by Crippen LogP contribution is -2.48. The first-order chi connectivity index (χ1) is 14.3. The largest absolute Gasteiger partial charge is 0.350 e. The molecule has 2 aromatic rings. The van der Waals surface area contributed by atoms with Crippen LogP contribution in [0, 0.1) is 18.6 Å². The van der Waals surface area contributed by atoms with Crippen LogP contribution in [0.1, 0.15) is 34.3 Å². The molecule has 0 spiro atoms. The summed E-state index contributed by atoms with van der Waals surface area (Å²) in [7, 11) is 0. The summed E-state index contributed by atoms with van der Waals surface area (Å²) in [6.45, 7) is 1.93. The second-order valence-corrected chi connectivity index (χ2v) is 7.61. The Kier molecular flexibility index (Phi) is 5.24. The molecule has 0 aliphatic carbocycles. The summed E-state index contributed by atoms with van der Waals surface area (Å²) in [4.78, 5) is 41.8. The number of fused-ring (bicyclic) bond motifs is 2. The zero-order valence-corrected chi connectivity index (χ0v) is 16.5. The predicted octanol–water partition coefficient (Wildman–Crippen LogP) is 2.54. The van der Waals surface area contributed by atoms with Gasteiger partial charge in [0.25, 0.3) is 5.91 Å². The van der Waals surface area contributed by atoms with Crippen molar-refractivity contribution in [2.24, 2.45) is 0 Å². The van der Waals surface area contributed by atoms with Crippen LogP contribution >= 0.6 is 0 Å². The van der Waals surface area contributed by atoms with Gasteiger partial charge in [0, 0.05) is 19.2 Å². The minimum absolute atomic E-state index is 0.0787. The van der Waals surface area contributed by atoms with Crippen LogP contribution in [0.5, 0.6) is 0 Å². The number of amides is 3. The van der Waals surface area contributed by atoms with Crippen LogP contribution in [0.15, 0.2) is 36.4 Å². The van der Waals surface area contributed by atoms with Crippen molar-refractivity contribution >= 4 is 23.4 Å². The third-order valence-electron chi connectivity index (χ3n) is 5.52. The Hall–Kier alpha value is -3.29. The van der Waals surface area contributed by atoms with Gasteiger partial charge in [-0.25, -0.2) is 8.78 Å². The number of para-hydroxylation sites is 1. The van der Waals surface area contributed by atoms with Crippen LogP contribution in [0.25, 0.3) is 0 Å². The van der Waals surface area contributed by atoms with E-state index in [0.717, 1.165) is 30.2 Å². The molecular formula is C22H21F2N3O3. The van der Waals surface area contributed by atoms with E-state index in [1.54, 1.807) is 30.0 Å². The summed E-state index contributed by atoms with van der Waals surface area (Å²) in [5.41, 5.74) is 1.83. The lowest BCUT2D eigenvalue weighted by molar-refractivity contribution is -0.125. The van der Waals surface area contributed by atoms with Crippen LogP contribution < -0.4 is 10.2 Å². The molecule has 0 radical (unpaired) electrons. The molecule has 2 aliphatic rings. The number of rotatable bonds is 4. The monoisotopic (exact) mass is 413 g/mol. The van der Waals surface area contributed by atoms with Crippen molar-refractivity contribution in [3.05, 3.63) is 64.7 Å². The van der Waals surface area contributed by atoms with Crippen molar-refractivity contribution in [1.82, 2.24) is 10.2 Å². The average Bonchev–Trinajstić information content (AvgIpc) is 3.16. The molecule has 1 atom stereocenters. The number of halogens is 2. The van der Waals surface area contributed by atoms with Gasteiger partial charge in [-0.15, -0.1) is 0 Å². The molecule has 4 rings (SSSR count). The highest BCUT2D eigenvalue weighted by Crippen LogP contribution is 2.34. The van der Waals surface area contributed by atoms with E-state index in [0.29, 0.717) is 24.2 Å². The van der Waals surface area contributed by atoms with E-state index in [-0.39, 0.29) is 30.5 Å². The van der Waals surface area contributed by atoms with Crippen molar-refractivity contribution in [3.8, 4) is 0 Å². The topological polar surface area (TPSA) is 69.7 Å². The number of hydrogen-bond acceptors (Lipinski definition) is 3. The molecule has 1 N–H and O–H groups in total. The molecular weight excluding hydrogens is 392 g/mol. The Morgan fingerprint density at radius 3 is 2.63 bits per heavy atom. The minimum Gasteiger partial charge on any atom is -0.350 e. The van der Waals surface area contributed by atoms with Crippen LogP contribution in [-0.2, 0) is 16.1 Å². The van der Waals surface area contributed by atoms with Gasteiger partial charge in [-0.05, 0) is 49.1 Å². The summed E-state index contributed by atoms with van der Waals surface area (Å²) < 4.78 is 26.7. The van der Waals surface area contributed by atoms with Crippen molar-refractivity contribution in [1.29, 1.82) is 0 Å². The van der Waals surface area contributed by atoms with E-state index in [1.807, 2.05) is 0 Å². The number of nitrogens with zero attached hydrogens (tertiary/aromatic N) is 2. The van der Waals surface area contributed by atoms with E-state index >= 15 is 0 Å². The first kappa shape index (κ1) is 20.0. The van der Waals surface area contributed by atoms with E-state index < -0.39 is 23.6 Å². The normalized spacial score (nSPS) is 18.2. The molecule has 30 heavy (non-hydrogen) atoms. The van der Waals surface area contributed by atoms with Gasteiger partial charge in [-0.2, -0.15) is 0 Å². The van der Waals surface area contributed by atoms with Crippen molar-refractivity contribution in [2.45, 2.75) is 32.4 Å². The zero-order valence-electron chi connectivity index (χ0n) is 16.5. The van der Waals surface area contributed by atoms with Gasteiger partial charge in [0.15, 0.2) is 0 Å². The average molecular weight is 413 g/mol. The Balaban J connectivity index is 1.59. The first-order valence-corrected chi connectivity index (χ1v) is 9.79. The van der Waals surface area contributed by atoms with Gasteiger partial charge >= 0.3 is 0 Å². The standard InChI is InChI=1S/C22H21F2N3O3/c1-13-4-2-5-17-20(13)27(22(30)18-6-3-7-26(18)21(17)29)12-19(28)25-11-14-8-15(23)10-16(24)9-14/h2,4-5,8-10,18H,3,6-7,11-12H2,1H3,(H,25,28)/t18-/m1/s1. The smallest absolute Gasteiger partial charge is 0.256 e. The van der Waals surface area contributed by atoms with E-state index in [9.17, 15) is 23.2 Å². The second kappa shape index (κ2) is 7.85. The van der Waals surface area contributed by atoms with Crippen LogP contribution in [0.3, 0.4) is 0 Å². The summed E-state index contributed by atoms with van der Waals surface area (Å²) in [6, 6.07) is 7.64. The highest BCUT2D eigenvalue weighted by atomic mass is 19.1. The number of benzene rings is 2. The molecule has 1 fully saturated rings. The minimum atomic E-state index is -0.730. The molecule has 0 bridgehead atoms. The third kappa shape index (κ3) is 3.65. The molecule has 0 aromatic heterocycles. The SMILES string of the molecule is Cc1cccc2c1N(CC(=O)NCc1cc(F)cc(F)c1)C(=O)[C@H]1CCCN1C2=O. The Bertz CT molecular complexity index is 1020. The molecule has 3 amide bonds. The Labute approximate surface area is 172 Å². The van der Waals surface area contributed by atoms with E-state index in [4.69, 9.17) is 0 Å². The van der Waals surface area contributed by atoms with Gasteiger partial charge in [0.1, 0.15) is 24.2 Å². The molecule has 1 saturated heterocycles. The maximum Gasteiger partial charge on any atom is 0.256 e. The molecule has 0 saturated carbocycles. The third-order valence-corrected chi connectivity index (χ3v) is 5.52. The Morgan fingerprint density at radius 1 is 1.17 bits per heavy atom. The molecule has 6 nitrogen and oxygen atoms in total. The molecule has 0 unspecified atom stereocenters. The number of anilines is 1. The van der Waals surface area contributed by atoms with Crippen LogP contribution in [-0.4, -0.2) is 41.8 Å². The zero-order chi connectivity index (χ0) is 21.4. The van der Waals surface area contributed by atoms with E-state index in [1.165, 1.54) is 4.90 Å². The fourth-order valence-corrected chi connectivity index (χ4v) is 4.17. The van der Waals surface area contributed by atoms with Crippen molar-refractivity contribution in [3.63, 3.8) is 0 Å². The quantitative estimate of drug-likeness (QED) is 0.838. The van der Waals surface area contributed by atoms with Gasteiger partial charge in [-0.3, -0.25) is 14.4 Å². The number of carbonyl (C=O) groups is 3. The lowest BCUT2D eigenvalue weighted by atomic mass is 10.1. The van der Waals surface area contributed by atoms with Crippen LogP contribution in [0.4, 0.5) is 14.5 Å². The first-order valence-electron chi connectivity index (χ1n) is 9.79. The fraction of sp³-hybridized carbons (Fsp3) is 0.318. The highest BCUT2D eigenvalue weighted by Gasteiger charge is 2.42. The highest BCUT2D eigenvalue weighted by molar-refractivity contribution is 6.13. The van der Waals surface area contributed by atoms with Crippen LogP contribution in [0.2, 0.25) is 0 Å². The number of carbonyl (C=O) groups excluding carboxylic acids is 3. The maximum atomic E-state index is 13.4. The summed E-state index contributed by atoms with van der Waals surface area (Å²) in [6.07, 6.45) is 1.28. The summed E-state index contributed by atoms with van der Waals surface area (Å²) in [5, 5.41) is 2.60. The predicted molar refractivity (Wildman–Crippen MR) is 106 cm³/mol. The molecule has 2 heterocycles. The summed E-state index contributed by atoms with van der Waals surface area (Å²) >= 11 is 0. The van der Waals surface area contributed by atoms with Gasteiger partial charge in [0.05, 0.1) is 11.3 Å². The van der Waals surface area contributed by atoms with Crippen molar-refractivity contribution < 1.29 is 23.2 Å². The molecule has 2 aromatic carbocycles. The molecule has 8 heteroatoms. The maximum absolute atomic E-state index is 13.4. The Morgan fingerprint density at radius 2 is 1.90 bits per heavy atom. The van der Waals surface area contributed by atoms with Crippen molar-refractivity contribution in [2.75, 3.05) is 18.0 Å².